The molecule has 0 saturated heterocycles. The molecule has 110 valence electrons. The van der Waals surface area contributed by atoms with Gasteiger partial charge in [0.2, 0.25) is 0 Å². The summed E-state index contributed by atoms with van der Waals surface area (Å²) in [6, 6.07) is 3.96. The molecule has 0 unspecified atom stereocenters. The van der Waals surface area contributed by atoms with E-state index < -0.39 is 10.8 Å². The molecule has 1 aromatic carbocycles. The molecular formula is C13H19N3O4. The maximum Gasteiger partial charge on any atom is 0.282 e. The largest absolute Gasteiger partial charge is 0.399 e. The summed E-state index contributed by atoms with van der Waals surface area (Å²) < 4.78 is 5.35. The third-order valence-corrected chi connectivity index (χ3v) is 2.67. The fraction of sp³-hybridized carbons (Fsp3) is 0.462. The third-order valence-electron chi connectivity index (χ3n) is 2.67. The Morgan fingerprint density at radius 1 is 1.50 bits per heavy atom. The van der Waals surface area contributed by atoms with Gasteiger partial charge in [0.15, 0.2) is 0 Å². The van der Waals surface area contributed by atoms with Crippen molar-refractivity contribution in [3.05, 3.63) is 33.9 Å². The van der Waals surface area contributed by atoms with Crippen LogP contribution in [0.4, 0.5) is 11.4 Å². The van der Waals surface area contributed by atoms with Crippen LogP contribution >= 0.6 is 0 Å². The summed E-state index contributed by atoms with van der Waals surface area (Å²) in [7, 11) is 1.57. The molecule has 1 amide bonds. The number of likely N-dealkylation sites (N-methyl/N-ethyl adjacent to an activating group) is 1. The lowest BCUT2D eigenvalue weighted by molar-refractivity contribution is -0.385. The predicted octanol–water partition coefficient (Wildman–Crippen LogP) is 1.67. The average molecular weight is 281 g/mol. The molecule has 0 saturated carbocycles. The molecule has 0 aliphatic rings. The van der Waals surface area contributed by atoms with Crippen molar-refractivity contribution in [3.8, 4) is 0 Å². The van der Waals surface area contributed by atoms with E-state index in [0.29, 0.717) is 18.8 Å². The van der Waals surface area contributed by atoms with Crippen molar-refractivity contribution in [1.82, 2.24) is 4.90 Å². The van der Waals surface area contributed by atoms with Gasteiger partial charge in [-0.05, 0) is 26.0 Å². The lowest BCUT2D eigenvalue weighted by atomic mass is 10.1. The summed E-state index contributed by atoms with van der Waals surface area (Å²) in [5.41, 5.74) is 5.64. The Labute approximate surface area is 117 Å². The number of rotatable bonds is 6. The van der Waals surface area contributed by atoms with Crippen LogP contribution in [0.3, 0.4) is 0 Å². The van der Waals surface area contributed by atoms with Gasteiger partial charge in [0.1, 0.15) is 5.56 Å². The predicted molar refractivity (Wildman–Crippen MR) is 75.6 cm³/mol. The van der Waals surface area contributed by atoms with Crippen LogP contribution < -0.4 is 5.73 Å². The highest BCUT2D eigenvalue weighted by Gasteiger charge is 2.23. The highest BCUT2D eigenvalue weighted by molar-refractivity contribution is 5.98. The zero-order chi connectivity index (χ0) is 15.3. The average Bonchev–Trinajstić information content (AvgIpc) is 2.36. The molecule has 0 aliphatic carbocycles. The molecule has 0 bridgehead atoms. The minimum absolute atomic E-state index is 0.0120. The van der Waals surface area contributed by atoms with Gasteiger partial charge in [0, 0.05) is 25.3 Å². The van der Waals surface area contributed by atoms with E-state index in [9.17, 15) is 14.9 Å². The first kappa shape index (κ1) is 15.9. The number of benzene rings is 1. The fourth-order valence-corrected chi connectivity index (χ4v) is 1.62. The molecule has 0 aliphatic heterocycles. The second-order valence-electron chi connectivity index (χ2n) is 4.68. The van der Waals surface area contributed by atoms with E-state index in [1.54, 1.807) is 7.05 Å². The first-order valence-corrected chi connectivity index (χ1v) is 6.24. The summed E-state index contributed by atoms with van der Waals surface area (Å²) in [5.74, 6) is -0.448. The Balaban J connectivity index is 2.85. The Bertz CT molecular complexity index is 502. The number of carbonyl (C=O) groups is 1. The number of ether oxygens (including phenoxy) is 1. The fourth-order valence-electron chi connectivity index (χ4n) is 1.62. The number of hydrogen-bond acceptors (Lipinski definition) is 5. The normalized spacial score (nSPS) is 10.6. The number of nitrogens with zero attached hydrogens (tertiary/aromatic N) is 2. The van der Waals surface area contributed by atoms with E-state index in [1.165, 1.54) is 23.1 Å². The smallest absolute Gasteiger partial charge is 0.282 e. The van der Waals surface area contributed by atoms with Crippen LogP contribution in [0, 0.1) is 10.1 Å². The summed E-state index contributed by atoms with van der Waals surface area (Å²) in [4.78, 5) is 23.9. The van der Waals surface area contributed by atoms with E-state index >= 15 is 0 Å². The van der Waals surface area contributed by atoms with Gasteiger partial charge in [0.05, 0.1) is 17.6 Å². The van der Waals surface area contributed by atoms with Crippen LogP contribution in [0.2, 0.25) is 0 Å². The topological polar surface area (TPSA) is 98.7 Å². The van der Waals surface area contributed by atoms with E-state index in [0.717, 1.165) is 0 Å². The molecule has 7 nitrogen and oxygen atoms in total. The second kappa shape index (κ2) is 6.85. The number of nitro groups is 1. The van der Waals surface area contributed by atoms with Crippen molar-refractivity contribution >= 4 is 17.3 Å². The quantitative estimate of drug-likeness (QED) is 0.486. The molecule has 0 atom stereocenters. The van der Waals surface area contributed by atoms with Crippen LogP contribution in [0.15, 0.2) is 18.2 Å². The number of nitro benzene ring substituents is 1. The molecule has 0 heterocycles. The van der Waals surface area contributed by atoms with Gasteiger partial charge in [-0.15, -0.1) is 0 Å². The van der Waals surface area contributed by atoms with Gasteiger partial charge in [-0.2, -0.15) is 0 Å². The number of anilines is 1. The number of nitrogens with two attached hydrogens (primary N) is 1. The minimum Gasteiger partial charge on any atom is -0.399 e. The molecule has 1 aromatic rings. The SMILES string of the molecule is CC(C)OCCN(C)C(=O)c1cc(N)ccc1[N+](=O)[O-]. The van der Waals surface area contributed by atoms with Crippen LogP contribution in [0.1, 0.15) is 24.2 Å². The zero-order valence-electron chi connectivity index (χ0n) is 11.8. The van der Waals surface area contributed by atoms with Crippen LogP contribution in [-0.4, -0.2) is 42.0 Å². The van der Waals surface area contributed by atoms with Crippen molar-refractivity contribution in [3.63, 3.8) is 0 Å². The monoisotopic (exact) mass is 281 g/mol. The highest BCUT2D eigenvalue weighted by atomic mass is 16.6. The Morgan fingerprint density at radius 2 is 2.15 bits per heavy atom. The van der Waals surface area contributed by atoms with Crippen LogP contribution in [0.25, 0.3) is 0 Å². The van der Waals surface area contributed by atoms with Gasteiger partial charge in [-0.1, -0.05) is 0 Å². The van der Waals surface area contributed by atoms with Crippen LogP contribution in [0.5, 0.6) is 0 Å². The van der Waals surface area contributed by atoms with Gasteiger partial charge in [-0.3, -0.25) is 14.9 Å². The van der Waals surface area contributed by atoms with E-state index in [2.05, 4.69) is 0 Å². The molecular weight excluding hydrogens is 262 g/mol. The van der Waals surface area contributed by atoms with Gasteiger partial charge >= 0.3 is 0 Å². The lowest BCUT2D eigenvalue weighted by Crippen LogP contribution is -2.31. The number of hydrogen-bond donors (Lipinski definition) is 1. The molecule has 0 radical (unpaired) electrons. The molecule has 0 fully saturated rings. The van der Waals surface area contributed by atoms with Crippen molar-refractivity contribution in [2.45, 2.75) is 20.0 Å². The molecule has 0 spiro atoms. The van der Waals surface area contributed by atoms with Crippen LogP contribution in [-0.2, 0) is 4.74 Å². The standard InChI is InChI=1S/C13H19N3O4/c1-9(2)20-7-6-15(3)13(17)11-8-10(14)4-5-12(11)16(18)19/h4-5,8-9H,6-7,14H2,1-3H3. The summed E-state index contributed by atoms with van der Waals surface area (Å²) in [6.45, 7) is 4.51. The van der Waals surface area contributed by atoms with Crippen molar-refractivity contribution in [2.75, 3.05) is 25.9 Å². The summed E-state index contributed by atoms with van der Waals surface area (Å²) in [6.07, 6.45) is 0.0696. The van der Waals surface area contributed by atoms with Gasteiger partial charge < -0.3 is 15.4 Å². The first-order chi connectivity index (χ1) is 9.32. The summed E-state index contributed by atoms with van der Waals surface area (Å²) >= 11 is 0. The minimum atomic E-state index is -0.592. The zero-order valence-corrected chi connectivity index (χ0v) is 11.8. The molecule has 20 heavy (non-hydrogen) atoms. The van der Waals surface area contributed by atoms with Crippen molar-refractivity contribution < 1.29 is 14.5 Å². The maximum absolute atomic E-state index is 12.2. The molecule has 1 rings (SSSR count). The van der Waals surface area contributed by atoms with E-state index in [4.69, 9.17) is 10.5 Å². The molecule has 7 heteroatoms. The Morgan fingerprint density at radius 3 is 2.70 bits per heavy atom. The van der Waals surface area contributed by atoms with E-state index in [-0.39, 0.29) is 17.4 Å². The number of amides is 1. The molecule has 0 aromatic heterocycles. The van der Waals surface area contributed by atoms with Crippen molar-refractivity contribution in [2.24, 2.45) is 0 Å². The summed E-state index contributed by atoms with van der Waals surface area (Å²) in [5, 5.41) is 10.9. The first-order valence-electron chi connectivity index (χ1n) is 6.24. The van der Waals surface area contributed by atoms with E-state index in [1.807, 2.05) is 13.8 Å². The maximum atomic E-state index is 12.2. The molecule has 2 N–H and O–H groups in total. The van der Waals surface area contributed by atoms with Gasteiger partial charge in [0.25, 0.3) is 11.6 Å². The number of carbonyl (C=O) groups excluding carboxylic acids is 1. The lowest BCUT2D eigenvalue weighted by Gasteiger charge is -2.18. The van der Waals surface area contributed by atoms with Gasteiger partial charge in [-0.25, -0.2) is 0 Å². The second-order valence-corrected chi connectivity index (χ2v) is 4.68. The Hall–Kier alpha value is -2.15. The third kappa shape index (κ3) is 4.20. The van der Waals surface area contributed by atoms with Crippen molar-refractivity contribution in [1.29, 1.82) is 0 Å². The number of nitrogen functional groups attached to an aromatic ring is 1. The highest BCUT2D eigenvalue weighted by Crippen LogP contribution is 2.22. The Kier molecular flexibility index (Phi) is 5.45.